The lowest BCUT2D eigenvalue weighted by molar-refractivity contribution is -0.140. The van der Waals surface area contributed by atoms with Gasteiger partial charge in [-0.3, -0.25) is 23.7 Å². The Bertz CT molecular complexity index is 2090. The molecule has 54 heavy (non-hydrogen) atoms. The molecule has 0 saturated carbocycles. The van der Waals surface area contributed by atoms with E-state index in [1.165, 1.54) is 24.5 Å². The highest BCUT2D eigenvalue weighted by atomic mass is 32.1. The summed E-state index contributed by atoms with van der Waals surface area (Å²) in [5.74, 6) is -0.826. The molecule has 4 rings (SSSR count). The number of urea groups is 1. The molecule has 3 heterocycles. The van der Waals surface area contributed by atoms with Crippen molar-refractivity contribution in [2.75, 3.05) is 25.1 Å². The summed E-state index contributed by atoms with van der Waals surface area (Å²) in [6, 6.07) is 4.97. The zero-order valence-corrected chi connectivity index (χ0v) is 33.3. The van der Waals surface area contributed by atoms with Gasteiger partial charge in [0.15, 0.2) is 5.69 Å². The minimum atomic E-state index is -4.70. The lowest BCUT2D eigenvalue weighted by Gasteiger charge is -2.32. The van der Waals surface area contributed by atoms with Crippen LogP contribution in [0.15, 0.2) is 46.8 Å². The van der Waals surface area contributed by atoms with E-state index < -0.39 is 54.4 Å². The number of phosphoric acid groups is 1. The number of esters is 1. The maximum Gasteiger partial charge on any atom is 0.475 e. The smallest absolute Gasteiger partial charge is 0.462 e. The van der Waals surface area contributed by atoms with Crippen molar-refractivity contribution in [1.29, 1.82) is 0 Å². The molecule has 0 unspecified atom stereocenters. The Morgan fingerprint density at radius 1 is 1.00 bits per heavy atom. The molecule has 3 aromatic heterocycles. The first-order valence-corrected chi connectivity index (χ1v) is 19.5. The van der Waals surface area contributed by atoms with E-state index in [4.69, 9.17) is 18.3 Å². The Morgan fingerprint density at radius 3 is 2.22 bits per heavy atom. The van der Waals surface area contributed by atoms with Gasteiger partial charge in [0.2, 0.25) is 5.43 Å². The number of hydrogen-bond donors (Lipinski definition) is 2. The van der Waals surface area contributed by atoms with Gasteiger partial charge in [0, 0.05) is 40.8 Å². The Morgan fingerprint density at radius 2 is 1.67 bits per heavy atom. The lowest BCUT2D eigenvalue weighted by atomic mass is 9.99. The number of aromatic nitrogens is 3. The van der Waals surface area contributed by atoms with Crippen LogP contribution in [0.2, 0.25) is 0 Å². The SMILES string of the molecule is CCNC(=O)Nc1cc(-c2nc(C(F)(F)F)cs2)c(-c2ccc3c(c2)c(=O)c(C(=O)OCC)cn3[C@H](CC)COP(=O)(OC(C)(C)C)OC(C)(C)C)cn1. The lowest BCUT2D eigenvalue weighted by Crippen LogP contribution is -2.28. The van der Waals surface area contributed by atoms with Gasteiger partial charge in [0.25, 0.3) is 0 Å². The number of ether oxygens (including phenoxy) is 1. The highest BCUT2D eigenvalue weighted by Crippen LogP contribution is 2.56. The molecule has 2 amide bonds. The predicted molar refractivity (Wildman–Crippen MR) is 201 cm³/mol. The first-order valence-electron chi connectivity index (χ1n) is 17.2. The summed E-state index contributed by atoms with van der Waals surface area (Å²) in [5.41, 5.74) is -2.60. The van der Waals surface area contributed by atoms with Gasteiger partial charge < -0.3 is 14.6 Å². The number of rotatable bonds is 13. The maximum atomic E-state index is 14.0. The number of fused-ring (bicyclic) bond motifs is 1. The number of hydrogen-bond acceptors (Lipinski definition) is 11. The van der Waals surface area contributed by atoms with Crippen molar-refractivity contribution in [2.45, 2.75) is 92.2 Å². The van der Waals surface area contributed by atoms with Gasteiger partial charge in [-0.25, -0.2) is 24.1 Å². The van der Waals surface area contributed by atoms with E-state index in [-0.39, 0.29) is 40.6 Å². The van der Waals surface area contributed by atoms with E-state index in [1.54, 1.807) is 72.1 Å². The number of anilines is 1. The Balaban J connectivity index is 1.90. The van der Waals surface area contributed by atoms with Crippen molar-refractivity contribution in [2.24, 2.45) is 0 Å². The van der Waals surface area contributed by atoms with Crippen molar-refractivity contribution < 1.29 is 45.6 Å². The van der Waals surface area contributed by atoms with E-state index in [9.17, 15) is 32.1 Å². The number of phosphoric ester groups is 1. The van der Waals surface area contributed by atoms with E-state index in [0.717, 1.165) is 16.7 Å². The third-order valence-corrected chi connectivity index (χ3v) is 10.3. The highest BCUT2D eigenvalue weighted by Gasteiger charge is 2.38. The van der Waals surface area contributed by atoms with Crippen molar-refractivity contribution in [3.8, 4) is 21.7 Å². The standard InChI is InChI=1S/C36H45F3N5O8PS/c1-10-22(19-50-53(48,51-34(4,5)6)52-35(7,8)9)44-18-26(32(46)49-12-3)30(45)24-15-21(13-14-27(24)44)25-17-41-29(43-33(47)40-11-2)16-23(25)31-42-28(20-54-31)36(37,38)39/h13-18,20,22H,10-12,19H2,1-9H3,(H2,40,41,43,47)/t22-/m1/s1. The number of carbonyl (C=O) groups is 2. The van der Waals surface area contributed by atoms with Crippen LogP contribution in [0, 0.1) is 0 Å². The van der Waals surface area contributed by atoms with Gasteiger partial charge in [-0.2, -0.15) is 13.2 Å². The molecule has 1 atom stereocenters. The zero-order valence-electron chi connectivity index (χ0n) is 31.5. The third kappa shape index (κ3) is 10.7. The number of halogens is 3. The minimum absolute atomic E-state index is 0.00640. The third-order valence-electron chi connectivity index (χ3n) is 7.41. The summed E-state index contributed by atoms with van der Waals surface area (Å²) >= 11 is 0.746. The number of thiazole rings is 1. The average Bonchev–Trinajstić information content (AvgIpc) is 3.56. The molecule has 0 fully saturated rings. The number of nitrogens with one attached hydrogen (secondary N) is 2. The number of amides is 2. The van der Waals surface area contributed by atoms with Crippen molar-refractivity contribution >= 4 is 47.9 Å². The Hall–Kier alpha value is -4.15. The zero-order chi connectivity index (χ0) is 40.2. The van der Waals surface area contributed by atoms with Crippen molar-refractivity contribution in [3.05, 3.63) is 63.5 Å². The average molecular weight is 796 g/mol. The van der Waals surface area contributed by atoms with Crippen LogP contribution < -0.4 is 16.1 Å². The van der Waals surface area contributed by atoms with Crippen molar-refractivity contribution in [3.63, 3.8) is 0 Å². The predicted octanol–water partition coefficient (Wildman–Crippen LogP) is 9.23. The van der Waals surface area contributed by atoms with Crippen LogP contribution in [0.1, 0.15) is 90.8 Å². The molecular formula is C36H45F3N5O8PS. The first-order chi connectivity index (χ1) is 25.1. The molecule has 1 aromatic carbocycles. The molecule has 0 spiro atoms. The fourth-order valence-corrected chi connectivity index (χ4v) is 7.97. The number of nitrogens with zero attached hydrogens (tertiary/aromatic N) is 3. The number of carbonyl (C=O) groups excluding carboxylic acids is 2. The van der Waals surface area contributed by atoms with Crippen LogP contribution in [0.4, 0.5) is 23.8 Å². The molecule has 0 aliphatic heterocycles. The van der Waals surface area contributed by atoms with E-state index >= 15 is 0 Å². The molecule has 13 nitrogen and oxygen atoms in total. The van der Waals surface area contributed by atoms with Gasteiger partial charge in [0.05, 0.1) is 36.0 Å². The molecule has 0 saturated heterocycles. The summed E-state index contributed by atoms with van der Waals surface area (Å²) in [6.07, 6.45) is -1.60. The van der Waals surface area contributed by atoms with E-state index in [0.29, 0.717) is 29.6 Å². The molecule has 294 valence electrons. The fourth-order valence-electron chi connectivity index (χ4n) is 5.27. The monoisotopic (exact) mass is 795 g/mol. The topological polar surface area (TPSA) is 160 Å². The van der Waals surface area contributed by atoms with Crippen LogP contribution in [0.25, 0.3) is 32.6 Å². The van der Waals surface area contributed by atoms with Gasteiger partial charge in [0.1, 0.15) is 16.4 Å². The second-order valence-corrected chi connectivity index (χ2v) is 16.5. The van der Waals surface area contributed by atoms with Crippen LogP contribution in [0.5, 0.6) is 0 Å². The molecular weight excluding hydrogens is 750 g/mol. The van der Waals surface area contributed by atoms with Crippen LogP contribution in [-0.4, -0.2) is 57.5 Å². The Labute approximate surface area is 315 Å². The minimum Gasteiger partial charge on any atom is -0.462 e. The second-order valence-electron chi connectivity index (χ2n) is 14.1. The summed E-state index contributed by atoms with van der Waals surface area (Å²) in [5, 5.41) is 6.05. The normalized spacial score (nSPS) is 13.2. The molecule has 18 heteroatoms. The summed E-state index contributed by atoms with van der Waals surface area (Å²) < 4.78 is 79.1. The molecule has 4 aromatic rings. The molecule has 0 bridgehead atoms. The molecule has 0 radical (unpaired) electrons. The molecule has 0 aliphatic carbocycles. The quantitative estimate of drug-likeness (QED) is 0.0987. The number of pyridine rings is 2. The second kappa shape index (κ2) is 16.7. The van der Waals surface area contributed by atoms with Crippen LogP contribution in [0.3, 0.4) is 0 Å². The van der Waals surface area contributed by atoms with Crippen LogP contribution >= 0.6 is 19.2 Å². The largest absolute Gasteiger partial charge is 0.475 e. The van der Waals surface area contributed by atoms with Gasteiger partial charge in [-0.05, 0) is 85.6 Å². The Kier molecular flexibility index (Phi) is 13.2. The summed E-state index contributed by atoms with van der Waals surface area (Å²) in [4.78, 5) is 47.5. The van der Waals surface area contributed by atoms with Crippen molar-refractivity contribution in [1.82, 2.24) is 19.9 Å². The van der Waals surface area contributed by atoms with Crippen LogP contribution in [-0.2, 0) is 29.0 Å². The molecule has 0 aliphatic rings. The summed E-state index contributed by atoms with van der Waals surface area (Å²) in [6.45, 7) is 15.5. The number of benzene rings is 1. The number of alkyl halides is 3. The van der Waals surface area contributed by atoms with Gasteiger partial charge >= 0.3 is 26.0 Å². The van der Waals surface area contributed by atoms with E-state index in [1.807, 2.05) is 6.92 Å². The van der Waals surface area contributed by atoms with Gasteiger partial charge in [-0.1, -0.05) is 13.0 Å². The first kappa shape index (κ1) is 42.6. The summed E-state index contributed by atoms with van der Waals surface area (Å²) in [7, 11) is -4.15. The maximum absolute atomic E-state index is 14.0. The fraction of sp³-hybridized carbons (Fsp3) is 0.472. The molecule has 2 N–H and O–H groups in total. The highest BCUT2D eigenvalue weighted by molar-refractivity contribution is 7.48. The van der Waals surface area contributed by atoms with E-state index in [2.05, 4.69) is 20.6 Å². The van der Waals surface area contributed by atoms with Gasteiger partial charge in [-0.15, -0.1) is 11.3 Å².